The molecule has 0 heterocycles. The van der Waals surface area contributed by atoms with Crippen LogP contribution in [0.15, 0.2) is 48.2 Å². The van der Waals surface area contributed by atoms with Crippen LogP contribution in [-0.2, 0) is 4.79 Å². The highest BCUT2D eigenvalue weighted by Gasteiger charge is 2.06. The standard InChI is InChI=1S/C14H9NO2/c1-15-13(14(16)17)9-10-6-7-11-4-2-3-5-12(11)8-10/h2-9H,(H,16,17)/b13-9-. The van der Waals surface area contributed by atoms with E-state index in [0.717, 1.165) is 16.3 Å². The lowest BCUT2D eigenvalue weighted by Crippen LogP contribution is -1.95. The van der Waals surface area contributed by atoms with Crippen molar-refractivity contribution < 1.29 is 9.90 Å². The van der Waals surface area contributed by atoms with Crippen LogP contribution in [0.3, 0.4) is 0 Å². The van der Waals surface area contributed by atoms with E-state index in [2.05, 4.69) is 4.85 Å². The van der Waals surface area contributed by atoms with Crippen LogP contribution < -0.4 is 0 Å². The van der Waals surface area contributed by atoms with Gasteiger partial charge >= 0.3 is 5.97 Å². The van der Waals surface area contributed by atoms with E-state index in [-0.39, 0.29) is 5.70 Å². The molecule has 0 amide bonds. The fourth-order valence-electron chi connectivity index (χ4n) is 1.60. The van der Waals surface area contributed by atoms with Gasteiger partial charge in [0.15, 0.2) is 0 Å². The molecule has 1 N–H and O–H groups in total. The molecule has 0 aliphatic rings. The van der Waals surface area contributed by atoms with Gasteiger partial charge in [-0.05, 0) is 28.5 Å². The molecule has 82 valence electrons. The molecule has 0 unspecified atom stereocenters. The fraction of sp³-hybridized carbons (Fsp3) is 0. The number of hydrogen-bond donors (Lipinski definition) is 1. The van der Waals surface area contributed by atoms with Crippen LogP contribution in [0.4, 0.5) is 0 Å². The number of rotatable bonds is 2. The van der Waals surface area contributed by atoms with E-state index in [0.29, 0.717) is 0 Å². The number of nitrogens with zero attached hydrogens (tertiary/aromatic N) is 1. The average Bonchev–Trinajstić information content (AvgIpc) is 2.35. The van der Waals surface area contributed by atoms with Gasteiger partial charge in [0, 0.05) is 0 Å². The number of fused-ring (bicyclic) bond motifs is 1. The Kier molecular flexibility index (Phi) is 2.89. The molecule has 2 aromatic carbocycles. The zero-order valence-electron chi connectivity index (χ0n) is 8.92. The van der Waals surface area contributed by atoms with Crippen molar-refractivity contribution in [1.82, 2.24) is 0 Å². The third-order valence-corrected chi connectivity index (χ3v) is 2.42. The third kappa shape index (κ3) is 2.32. The molecular formula is C14H9NO2. The summed E-state index contributed by atoms with van der Waals surface area (Å²) in [7, 11) is 0. The molecule has 2 aromatic rings. The van der Waals surface area contributed by atoms with Crippen molar-refractivity contribution in [3.8, 4) is 0 Å². The van der Waals surface area contributed by atoms with Crippen molar-refractivity contribution in [3.63, 3.8) is 0 Å². The zero-order chi connectivity index (χ0) is 12.3. The van der Waals surface area contributed by atoms with Crippen LogP contribution in [0.25, 0.3) is 21.7 Å². The summed E-state index contributed by atoms with van der Waals surface area (Å²) in [6.45, 7) is 6.78. The topological polar surface area (TPSA) is 41.7 Å². The van der Waals surface area contributed by atoms with Crippen molar-refractivity contribution >= 4 is 22.8 Å². The van der Waals surface area contributed by atoms with E-state index < -0.39 is 5.97 Å². The summed E-state index contributed by atoms with van der Waals surface area (Å²) in [5.41, 5.74) is 0.442. The van der Waals surface area contributed by atoms with E-state index >= 15 is 0 Å². The first kappa shape index (κ1) is 10.9. The van der Waals surface area contributed by atoms with Gasteiger partial charge in [0.2, 0.25) is 0 Å². The number of benzene rings is 2. The van der Waals surface area contributed by atoms with Crippen molar-refractivity contribution in [1.29, 1.82) is 0 Å². The highest BCUT2D eigenvalue weighted by Crippen LogP contribution is 2.17. The Morgan fingerprint density at radius 3 is 2.53 bits per heavy atom. The van der Waals surface area contributed by atoms with Gasteiger partial charge in [-0.15, -0.1) is 0 Å². The molecule has 0 aliphatic heterocycles. The van der Waals surface area contributed by atoms with E-state index in [1.54, 1.807) is 6.07 Å². The Labute approximate surface area is 98.4 Å². The first-order valence-electron chi connectivity index (χ1n) is 5.02. The van der Waals surface area contributed by atoms with E-state index in [1.807, 2.05) is 36.4 Å². The van der Waals surface area contributed by atoms with Crippen molar-refractivity contribution in [2.45, 2.75) is 0 Å². The Hall–Kier alpha value is -2.60. The Morgan fingerprint density at radius 2 is 1.88 bits per heavy atom. The summed E-state index contributed by atoms with van der Waals surface area (Å²) >= 11 is 0. The van der Waals surface area contributed by atoms with Crippen molar-refractivity contribution in [2.24, 2.45) is 0 Å². The largest absolute Gasteiger partial charge is 0.486 e. The van der Waals surface area contributed by atoms with Gasteiger partial charge < -0.3 is 5.11 Å². The molecule has 0 atom stereocenters. The maximum Gasteiger partial charge on any atom is 0.333 e. The molecular weight excluding hydrogens is 214 g/mol. The molecule has 3 nitrogen and oxygen atoms in total. The molecule has 0 bridgehead atoms. The normalized spacial score (nSPS) is 11.1. The van der Waals surface area contributed by atoms with E-state index in [1.165, 1.54) is 6.08 Å². The Bertz CT molecular complexity index is 651. The highest BCUT2D eigenvalue weighted by atomic mass is 16.4. The monoisotopic (exact) mass is 223 g/mol. The van der Waals surface area contributed by atoms with Crippen molar-refractivity contribution in [2.75, 3.05) is 0 Å². The maximum absolute atomic E-state index is 10.7. The van der Waals surface area contributed by atoms with E-state index in [4.69, 9.17) is 11.7 Å². The Balaban J connectivity index is 2.51. The molecule has 17 heavy (non-hydrogen) atoms. The molecule has 0 radical (unpaired) electrons. The van der Waals surface area contributed by atoms with Crippen LogP contribution >= 0.6 is 0 Å². The van der Waals surface area contributed by atoms with Gasteiger partial charge in [-0.2, -0.15) is 0 Å². The number of carboxylic acids is 1. The summed E-state index contributed by atoms with van der Waals surface area (Å²) < 4.78 is 0. The Morgan fingerprint density at radius 1 is 1.18 bits per heavy atom. The number of carbonyl (C=O) groups is 1. The predicted molar refractivity (Wildman–Crippen MR) is 66.2 cm³/mol. The van der Waals surface area contributed by atoms with Gasteiger partial charge in [-0.25, -0.2) is 4.85 Å². The molecule has 2 rings (SSSR count). The SMILES string of the molecule is [C-]#[N+]/C(=C\c1ccc2ccccc2c1)C(=O)O. The molecule has 0 aliphatic carbocycles. The second-order valence-electron chi connectivity index (χ2n) is 3.55. The molecule has 0 spiro atoms. The fourth-order valence-corrected chi connectivity index (χ4v) is 1.60. The number of hydrogen-bond acceptors (Lipinski definition) is 1. The van der Waals surface area contributed by atoms with Gasteiger partial charge in [0.25, 0.3) is 5.70 Å². The summed E-state index contributed by atoms with van der Waals surface area (Å²) in [6, 6.07) is 13.4. The lowest BCUT2D eigenvalue weighted by atomic mass is 10.1. The lowest BCUT2D eigenvalue weighted by Gasteiger charge is -1.99. The van der Waals surface area contributed by atoms with Crippen LogP contribution in [0.1, 0.15) is 5.56 Å². The van der Waals surface area contributed by atoms with Crippen LogP contribution in [0.5, 0.6) is 0 Å². The second kappa shape index (κ2) is 4.50. The molecule has 0 saturated heterocycles. The van der Waals surface area contributed by atoms with Gasteiger partial charge in [0.1, 0.15) is 0 Å². The minimum absolute atomic E-state index is 0.278. The highest BCUT2D eigenvalue weighted by molar-refractivity contribution is 5.95. The summed E-state index contributed by atoms with van der Waals surface area (Å²) in [5.74, 6) is -1.20. The summed E-state index contributed by atoms with van der Waals surface area (Å²) in [4.78, 5) is 13.7. The quantitative estimate of drug-likeness (QED) is 0.627. The van der Waals surface area contributed by atoms with Gasteiger partial charge in [-0.1, -0.05) is 36.4 Å². The first-order valence-corrected chi connectivity index (χ1v) is 5.02. The zero-order valence-corrected chi connectivity index (χ0v) is 8.92. The number of aliphatic carboxylic acids is 1. The summed E-state index contributed by atoms with van der Waals surface area (Å²) in [5, 5.41) is 10.9. The van der Waals surface area contributed by atoms with Crippen LogP contribution in [0, 0.1) is 6.57 Å². The first-order chi connectivity index (χ1) is 8.20. The van der Waals surface area contributed by atoms with Crippen LogP contribution in [0.2, 0.25) is 0 Å². The maximum atomic E-state index is 10.7. The van der Waals surface area contributed by atoms with Crippen molar-refractivity contribution in [3.05, 3.63) is 65.1 Å². The van der Waals surface area contributed by atoms with Gasteiger partial charge in [-0.3, -0.25) is 4.79 Å². The summed E-state index contributed by atoms with van der Waals surface area (Å²) in [6.07, 6.45) is 1.38. The second-order valence-corrected chi connectivity index (χ2v) is 3.55. The molecule has 0 saturated carbocycles. The third-order valence-electron chi connectivity index (χ3n) is 2.42. The lowest BCUT2D eigenvalue weighted by molar-refractivity contribution is -0.132. The molecule has 3 heteroatoms. The predicted octanol–water partition coefficient (Wildman–Crippen LogP) is 3.18. The smallest absolute Gasteiger partial charge is 0.333 e. The minimum atomic E-state index is -1.20. The number of carboxylic acid groups (broad SMARTS) is 1. The van der Waals surface area contributed by atoms with Crippen LogP contribution in [-0.4, -0.2) is 11.1 Å². The molecule has 0 fully saturated rings. The van der Waals surface area contributed by atoms with Gasteiger partial charge in [0.05, 0.1) is 6.57 Å². The average molecular weight is 223 g/mol. The molecule has 0 aromatic heterocycles. The minimum Gasteiger partial charge on any atom is -0.486 e. The van der Waals surface area contributed by atoms with E-state index in [9.17, 15) is 4.79 Å².